The Labute approximate surface area is 135 Å². The van der Waals surface area contributed by atoms with Gasteiger partial charge in [-0.15, -0.1) is 11.3 Å². The molecule has 0 bridgehead atoms. The van der Waals surface area contributed by atoms with Crippen molar-refractivity contribution in [1.82, 2.24) is 9.97 Å². The summed E-state index contributed by atoms with van der Waals surface area (Å²) in [6, 6.07) is 4.15. The van der Waals surface area contributed by atoms with Gasteiger partial charge >= 0.3 is 0 Å². The number of thioether (sulfide) groups is 1. The second kappa shape index (κ2) is 5.20. The first-order valence-electron chi connectivity index (χ1n) is 6.92. The zero-order chi connectivity index (χ0) is 15.2. The van der Waals surface area contributed by atoms with Crippen LogP contribution in [-0.4, -0.2) is 34.0 Å². The molecule has 2 N–H and O–H groups in total. The molecule has 2 atom stereocenters. The molecule has 0 aliphatic carbocycles. The maximum absolute atomic E-state index is 13.0. The van der Waals surface area contributed by atoms with Gasteiger partial charge in [-0.1, -0.05) is 17.8 Å². The van der Waals surface area contributed by atoms with Crippen LogP contribution in [0.2, 0.25) is 0 Å². The van der Waals surface area contributed by atoms with Crippen LogP contribution in [0, 0.1) is 11.7 Å². The van der Waals surface area contributed by atoms with Crippen LogP contribution in [0.15, 0.2) is 34.9 Å². The van der Waals surface area contributed by atoms with Crippen LogP contribution in [0.5, 0.6) is 0 Å². The largest absolute Gasteiger partial charge is 0.379 e. The van der Waals surface area contributed by atoms with Gasteiger partial charge in [0, 0.05) is 23.1 Å². The van der Waals surface area contributed by atoms with E-state index in [9.17, 15) is 4.39 Å². The van der Waals surface area contributed by atoms with E-state index in [2.05, 4.69) is 26.3 Å². The highest BCUT2D eigenvalue weighted by molar-refractivity contribution is 8.13. The first kappa shape index (κ1) is 14.0. The number of anilines is 1. The van der Waals surface area contributed by atoms with Crippen LogP contribution < -0.4 is 10.6 Å². The fourth-order valence-electron chi connectivity index (χ4n) is 3.11. The lowest BCUT2D eigenvalue weighted by Gasteiger charge is -2.33. The molecule has 4 rings (SSSR count). The van der Waals surface area contributed by atoms with E-state index in [-0.39, 0.29) is 5.54 Å². The summed E-state index contributed by atoms with van der Waals surface area (Å²) >= 11 is 3.29. The summed E-state index contributed by atoms with van der Waals surface area (Å²) in [5.74, 6) is 1.39. The Bertz CT molecular complexity index is 703. The van der Waals surface area contributed by atoms with E-state index in [1.807, 2.05) is 6.07 Å². The van der Waals surface area contributed by atoms with Crippen molar-refractivity contribution in [3.63, 3.8) is 0 Å². The summed E-state index contributed by atoms with van der Waals surface area (Å²) in [6.45, 7) is 1.47. The average molecular weight is 335 g/mol. The quantitative estimate of drug-likeness (QED) is 0.910. The summed E-state index contributed by atoms with van der Waals surface area (Å²) in [7, 11) is 0. The molecule has 0 aromatic carbocycles. The van der Waals surface area contributed by atoms with Gasteiger partial charge in [0.05, 0.1) is 18.9 Å². The molecule has 1 unspecified atom stereocenters. The number of thiophene rings is 1. The second-order valence-electron chi connectivity index (χ2n) is 5.44. The van der Waals surface area contributed by atoms with Crippen LogP contribution >= 0.6 is 23.1 Å². The number of amidine groups is 1. The van der Waals surface area contributed by atoms with E-state index in [4.69, 9.17) is 10.7 Å². The number of aromatic nitrogens is 2. The Balaban J connectivity index is 1.73. The lowest BCUT2D eigenvalue weighted by atomic mass is 9.87. The smallest absolute Gasteiger partial charge is 0.225 e. The number of halogens is 1. The lowest BCUT2D eigenvalue weighted by molar-refractivity contribution is 0.395. The molecule has 4 heterocycles. The molecular formula is C14H14FN5S2. The average Bonchev–Trinajstić information content (AvgIpc) is 3.15. The highest BCUT2D eigenvalue weighted by atomic mass is 32.2. The Morgan fingerprint density at radius 1 is 1.36 bits per heavy atom. The number of fused-ring (bicyclic) bond motifs is 1. The van der Waals surface area contributed by atoms with Crippen LogP contribution in [0.1, 0.15) is 4.88 Å². The normalized spacial score (nSPS) is 27.6. The third kappa shape index (κ3) is 2.17. The Morgan fingerprint density at radius 3 is 2.91 bits per heavy atom. The number of nitrogens with zero attached hydrogens (tertiary/aromatic N) is 4. The highest BCUT2D eigenvalue weighted by Gasteiger charge is 2.51. The predicted octanol–water partition coefficient (Wildman–Crippen LogP) is 2.07. The van der Waals surface area contributed by atoms with Crippen molar-refractivity contribution in [2.45, 2.75) is 5.54 Å². The number of hydrogen-bond donors (Lipinski definition) is 1. The highest BCUT2D eigenvalue weighted by Crippen LogP contribution is 2.47. The van der Waals surface area contributed by atoms with Crippen molar-refractivity contribution in [1.29, 1.82) is 0 Å². The summed E-state index contributed by atoms with van der Waals surface area (Å²) in [6.07, 6.45) is 2.41. The van der Waals surface area contributed by atoms with Crippen molar-refractivity contribution in [2.75, 3.05) is 23.7 Å². The topological polar surface area (TPSA) is 67.4 Å². The minimum Gasteiger partial charge on any atom is -0.379 e. The zero-order valence-electron chi connectivity index (χ0n) is 11.6. The molecule has 114 valence electrons. The van der Waals surface area contributed by atoms with E-state index < -0.39 is 5.82 Å². The van der Waals surface area contributed by atoms with Crippen LogP contribution in [0.4, 0.5) is 10.3 Å². The summed E-state index contributed by atoms with van der Waals surface area (Å²) < 4.78 is 13.0. The van der Waals surface area contributed by atoms with Crippen molar-refractivity contribution < 1.29 is 4.39 Å². The molecular weight excluding hydrogens is 321 g/mol. The monoisotopic (exact) mass is 335 g/mol. The molecule has 0 saturated carbocycles. The van der Waals surface area contributed by atoms with E-state index in [1.165, 1.54) is 17.3 Å². The fraction of sp³-hybridized carbons (Fsp3) is 0.357. The van der Waals surface area contributed by atoms with Crippen LogP contribution in [0.25, 0.3) is 0 Å². The zero-order valence-corrected chi connectivity index (χ0v) is 13.3. The molecule has 2 aliphatic heterocycles. The number of aliphatic imine (C=N–C) groups is 1. The van der Waals surface area contributed by atoms with Gasteiger partial charge in [0.1, 0.15) is 5.54 Å². The van der Waals surface area contributed by atoms with Crippen molar-refractivity contribution in [3.05, 3.63) is 40.6 Å². The van der Waals surface area contributed by atoms with Gasteiger partial charge in [-0.3, -0.25) is 0 Å². The third-order valence-corrected chi connectivity index (χ3v) is 6.12. The van der Waals surface area contributed by atoms with Gasteiger partial charge in [0.25, 0.3) is 0 Å². The van der Waals surface area contributed by atoms with E-state index in [0.29, 0.717) is 23.6 Å². The molecule has 1 saturated heterocycles. The van der Waals surface area contributed by atoms with Gasteiger partial charge in [-0.2, -0.15) is 0 Å². The summed E-state index contributed by atoms with van der Waals surface area (Å²) in [5.41, 5.74) is 5.67. The minimum absolute atomic E-state index is 0.332. The van der Waals surface area contributed by atoms with Crippen LogP contribution in [-0.2, 0) is 5.54 Å². The van der Waals surface area contributed by atoms with Crippen molar-refractivity contribution in [2.24, 2.45) is 16.6 Å². The number of hydrogen-bond acceptors (Lipinski definition) is 7. The number of rotatable bonds is 2. The molecule has 22 heavy (non-hydrogen) atoms. The van der Waals surface area contributed by atoms with Crippen LogP contribution in [0.3, 0.4) is 0 Å². The summed E-state index contributed by atoms with van der Waals surface area (Å²) in [5, 5.41) is 2.69. The Morgan fingerprint density at radius 2 is 2.18 bits per heavy atom. The standard InChI is InChI=1S/C14H14FN5S2/c15-10-4-17-13(18-5-10)20-6-9-7-22-12(16)19-14(9,8-20)11-2-1-3-21-11/h1-5,9H,6-8H2,(H2,16,19)/t9-,14?/m0/s1. The van der Waals surface area contributed by atoms with Crippen molar-refractivity contribution >= 4 is 34.2 Å². The van der Waals surface area contributed by atoms with Gasteiger partial charge in [-0.05, 0) is 11.4 Å². The first-order valence-corrected chi connectivity index (χ1v) is 8.78. The molecule has 5 nitrogen and oxygen atoms in total. The predicted molar refractivity (Wildman–Crippen MR) is 87.8 cm³/mol. The van der Waals surface area contributed by atoms with Gasteiger partial charge < -0.3 is 10.6 Å². The van der Waals surface area contributed by atoms with Crippen molar-refractivity contribution in [3.8, 4) is 0 Å². The Kier molecular flexibility index (Phi) is 3.30. The van der Waals surface area contributed by atoms with Gasteiger partial charge in [-0.25, -0.2) is 19.4 Å². The molecule has 2 aliphatic rings. The maximum Gasteiger partial charge on any atom is 0.225 e. The molecule has 0 amide bonds. The van der Waals surface area contributed by atoms with E-state index >= 15 is 0 Å². The third-order valence-electron chi connectivity index (χ3n) is 4.13. The first-order chi connectivity index (χ1) is 10.7. The molecule has 0 spiro atoms. The van der Waals surface area contributed by atoms with E-state index in [1.54, 1.807) is 23.1 Å². The van der Waals surface area contributed by atoms with Gasteiger partial charge in [0.15, 0.2) is 11.0 Å². The molecule has 2 aromatic heterocycles. The Hall–Kier alpha value is -1.67. The lowest BCUT2D eigenvalue weighted by Crippen LogP contribution is -2.39. The summed E-state index contributed by atoms with van der Waals surface area (Å²) in [4.78, 5) is 16.3. The SMILES string of the molecule is NC1=NC2(c3cccs3)CN(c3ncc(F)cn3)C[C@H]2CS1. The molecule has 1 fully saturated rings. The van der Waals surface area contributed by atoms with Gasteiger partial charge in [0.2, 0.25) is 5.95 Å². The number of nitrogens with two attached hydrogens (primary N) is 1. The second-order valence-corrected chi connectivity index (χ2v) is 7.43. The molecule has 8 heteroatoms. The van der Waals surface area contributed by atoms with E-state index in [0.717, 1.165) is 12.3 Å². The minimum atomic E-state index is -0.425. The fourth-order valence-corrected chi connectivity index (χ4v) is 5.04. The molecule has 2 aromatic rings. The molecule has 0 radical (unpaired) electrons. The maximum atomic E-state index is 13.0.